The van der Waals surface area contributed by atoms with Crippen molar-refractivity contribution in [3.05, 3.63) is 65.2 Å². The molecule has 1 heterocycles. The standard InChI is InChI=1S/C21H18N2O7/c1-2-29-21(28)13-7-9-14(10-8-13)22-17(24)12-30-18(25)11-23-19(26)15-5-3-4-6-16(15)20(23)27/h3-10H,2,11-12H2,1H3,(H,22,24). The summed E-state index contributed by atoms with van der Waals surface area (Å²) in [5.74, 6) is -3.15. The van der Waals surface area contributed by atoms with Crippen LogP contribution in [0.25, 0.3) is 0 Å². The van der Waals surface area contributed by atoms with E-state index in [4.69, 9.17) is 9.47 Å². The SMILES string of the molecule is CCOC(=O)c1ccc(NC(=O)COC(=O)CN2C(=O)c3ccccc3C2=O)cc1. The summed E-state index contributed by atoms with van der Waals surface area (Å²) < 4.78 is 9.72. The van der Waals surface area contributed by atoms with Crippen molar-refractivity contribution in [1.29, 1.82) is 0 Å². The largest absolute Gasteiger partial charge is 0.462 e. The average Bonchev–Trinajstić information content (AvgIpc) is 2.98. The van der Waals surface area contributed by atoms with Crippen LogP contribution >= 0.6 is 0 Å². The fourth-order valence-corrected chi connectivity index (χ4v) is 2.80. The quantitative estimate of drug-likeness (QED) is 0.544. The molecule has 30 heavy (non-hydrogen) atoms. The predicted molar refractivity (Wildman–Crippen MR) is 104 cm³/mol. The fourth-order valence-electron chi connectivity index (χ4n) is 2.80. The molecular weight excluding hydrogens is 392 g/mol. The van der Waals surface area contributed by atoms with Gasteiger partial charge in [0.1, 0.15) is 6.54 Å². The van der Waals surface area contributed by atoms with Gasteiger partial charge in [0.05, 0.1) is 23.3 Å². The van der Waals surface area contributed by atoms with E-state index in [1.807, 2.05) is 0 Å². The molecule has 1 aliphatic heterocycles. The van der Waals surface area contributed by atoms with Crippen LogP contribution in [0.15, 0.2) is 48.5 Å². The molecule has 0 saturated heterocycles. The highest BCUT2D eigenvalue weighted by atomic mass is 16.5. The molecule has 0 atom stereocenters. The van der Waals surface area contributed by atoms with E-state index in [0.29, 0.717) is 11.3 Å². The highest BCUT2D eigenvalue weighted by Crippen LogP contribution is 2.22. The van der Waals surface area contributed by atoms with Gasteiger partial charge in [0.15, 0.2) is 6.61 Å². The zero-order valence-corrected chi connectivity index (χ0v) is 16.0. The summed E-state index contributed by atoms with van der Waals surface area (Å²) in [6.45, 7) is 0.765. The van der Waals surface area contributed by atoms with E-state index >= 15 is 0 Å². The van der Waals surface area contributed by atoms with E-state index in [0.717, 1.165) is 4.90 Å². The van der Waals surface area contributed by atoms with Crippen molar-refractivity contribution in [3.63, 3.8) is 0 Å². The summed E-state index contributed by atoms with van der Waals surface area (Å²) in [5.41, 5.74) is 1.17. The summed E-state index contributed by atoms with van der Waals surface area (Å²) >= 11 is 0. The molecule has 1 aliphatic rings. The van der Waals surface area contributed by atoms with Crippen LogP contribution in [-0.2, 0) is 19.1 Å². The number of esters is 2. The van der Waals surface area contributed by atoms with Gasteiger partial charge in [-0.3, -0.25) is 24.1 Å². The lowest BCUT2D eigenvalue weighted by molar-refractivity contribution is -0.147. The molecule has 0 bridgehead atoms. The number of benzene rings is 2. The average molecular weight is 410 g/mol. The van der Waals surface area contributed by atoms with Gasteiger partial charge < -0.3 is 14.8 Å². The second kappa shape index (κ2) is 8.99. The molecule has 0 spiro atoms. The van der Waals surface area contributed by atoms with Gasteiger partial charge in [0, 0.05) is 5.69 Å². The van der Waals surface area contributed by atoms with Gasteiger partial charge in [-0.15, -0.1) is 0 Å². The first-order valence-electron chi connectivity index (χ1n) is 9.08. The van der Waals surface area contributed by atoms with Gasteiger partial charge in [-0.2, -0.15) is 0 Å². The van der Waals surface area contributed by atoms with E-state index in [1.54, 1.807) is 19.1 Å². The Morgan fingerprint density at radius 2 is 1.50 bits per heavy atom. The van der Waals surface area contributed by atoms with Crippen molar-refractivity contribution in [2.45, 2.75) is 6.92 Å². The number of hydrogen-bond donors (Lipinski definition) is 1. The molecule has 3 rings (SSSR count). The van der Waals surface area contributed by atoms with E-state index in [2.05, 4.69) is 5.32 Å². The summed E-state index contributed by atoms with van der Waals surface area (Å²) in [6, 6.07) is 12.2. The molecule has 0 aromatic heterocycles. The van der Waals surface area contributed by atoms with Crippen LogP contribution in [0.5, 0.6) is 0 Å². The van der Waals surface area contributed by atoms with Crippen LogP contribution in [-0.4, -0.2) is 54.3 Å². The number of carbonyl (C=O) groups is 5. The first kappa shape index (κ1) is 20.7. The Morgan fingerprint density at radius 3 is 2.07 bits per heavy atom. The van der Waals surface area contributed by atoms with E-state index in [-0.39, 0.29) is 17.7 Å². The van der Waals surface area contributed by atoms with Crippen LogP contribution in [0.2, 0.25) is 0 Å². The molecule has 0 unspecified atom stereocenters. The number of amides is 3. The molecule has 2 aromatic carbocycles. The number of hydrogen-bond acceptors (Lipinski definition) is 7. The minimum atomic E-state index is -0.891. The van der Waals surface area contributed by atoms with Gasteiger partial charge in [-0.05, 0) is 43.3 Å². The van der Waals surface area contributed by atoms with Crippen molar-refractivity contribution in [2.24, 2.45) is 0 Å². The van der Waals surface area contributed by atoms with Crippen LogP contribution in [0.1, 0.15) is 38.0 Å². The molecule has 3 amide bonds. The predicted octanol–water partition coefficient (Wildman–Crippen LogP) is 1.64. The number of ether oxygens (including phenoxy) is 2. The van der Waals surface area contributed by atoms with Crippen molar-refractivity contribution in [3.8, 4) is 0 Å². The third kappa shape index (κ3) is 4.52. The highest BCUT2D eigenvalue weighted by Gasteiger charge is 2.36. The van der Waals surface area contributed by atoms with Gasteiger partial charge in [0.25, 0.3) is 17.7 Å². The summed E-state index contributed by atoms with van der Waals surface area (Å²) in [4.78, 5) is 60.8. The third-order valence-electron chi connectivity index (χ3n) is 4.21. The minimum Gasteiger partial charge on any atom is -0.462 e. The third-order valence-corrected chi connectivity index (χ3v) is 4.21. The Hall–Kier alpha value is -4.01. The maximum Gasteiger partial charge on any atom is 0.338 e. The summed E-state index contributed by atoms with van der Waals surface area (Å²) in [7, 11) is 0. The Morgan fingerprint density at radius 1 is 0.900 bits per heavy atom. The molecule has 9 nitrogen and oxygen atoms in total. The van der Waals surface area contributed by atoms with Crippen molar-refractivity contribution >= 4 is 35.3 Å². The number of rotatable bonds is 7. The van der Waals surface area contributed by atoms with E-state index in [9.17, 15) is 24.0 Å². The zero-order chi connectivity index (χ0) is 21.7. The molecule has 154 valence electrons. The van der Waals surface area contributed by atoms with Gasteiger partial charge in [-0.25, -0.2) is 4.79 Å². The maximum absolute atomic E-state index is 12.2. The number of carbonyl (C=O) groups excluding carboxylic acids is 5. The van der Waals surface area contributed by atoms with E-state index < -0.39 is 42.8 Å². The molecule has 0 fully saturated rings. The second-order valence-electron chi connectivity index (χ2n) is 6.25. The monoisotopic (exact) mass is 410 g/mol. The maximum atomic E-state index is 12.2. The first-order valence-corrected chi connectivity index (χ1v) is 9.08. The molecule has 2 aromatic rings. The van der Waals surface area contributed by atoms with Crippen LogP contribution < -0.4 is 5.32 Å². The van der Waals surface area contributed by atoms with Crippen LogP contribution in [0.3, 0.4) is 0 Å². The lowest BCUT2D eigenvalue weighted by Gasteiger charge is -2.13. The Labute approximate surface area is 171 Å². The van der Waals surface area contributed by atoms with E-state index in [1.165, 1.54) is 36.4 Å². The molecule has 1 N–H and O–H groups in total. The number of nitrogens with zero attached hydrogens (tertiary/aromatic N) is 1. The number of anilines is 1. The molecule has 9 heteroatoms. The fraction of sp³-hybridized carbons (Fsp3) is 0.190. The zero-order valence-electron chi connectivity index (χ0n) is 16.0. The minimum absolute atomic E-state index is 0.222. The van der Waals surface area contributed by atoms with Gasteiger partial charge in [-0.1, -0.05) is 12.1 Å². The molecule has 0 saturated carbocycles. The Kier molecular flexibility index (Phi) is 6.21. The molecule has 0 aliphatic carbocycles. The van der Waals surface area contributed by atoms with Gasteiger partial charge in [0.2, 0.25) is 0 Å². The van der Waals surface area contributed by atoms with Gasteiger partial charge >= 0.3 is 11.9 Å². The molecule has 0 radical (unpaired) electrons. The Balaban J connectivity index is 1.48. The number of nitrogens with one attached hydrogen (secondary N) is 1. The first-order chi connectivity index (χ1) is 14.4. The smallest absolute Gasteiger partial charge is 0.338 e. The topological polar surface area (TPSA) is 119 Å². The second-order valence-corrected chi connectivity index (χ2v) is 6.25. The highest BCUT2D eigenvalue weighted by molar-refractivity contribution is 6.22. The normalized spacial score (nSPS) is 12.4. The lowest BCUT2D eigenvalue weighted by Crippen LogP contribution is -2.36. The van der Waals surface area contributed by atoms with Crippen molar-refractivity contribution in [1.82, 2.24) is 4.90 Å². The number of fused-ring (bicyclic) bond motifs is 1. The van der Waals surface area contributed by atoms with Crippen LogP contribution in [0, 0.1) is 0 Å². The van der Waals surface area contributed by atoms with Crippen molar-refractivity contribution in [2.75, 3.05) is 25.1 Å². The van der Waals surface area contributed by atoms with Crippen LogP contribution in [0.4, 0.5) is 5.69 Å². The summed E-state index contributed by atoms with van der Waals surface area (Å²) in [5, 5.41) is 2.51. The Bertz CT molecular complexity index is 979. The lowest BCUT2D eigenvalue weighted by atomic mass is 10.1. The van der Waals surface area contributed by atoms with Crippen molar-refractivity contribution < 1.29 is 33.4 Å². The molecular formula is C21H18N2O7. The summed E-state index contributed by atoms with van der Waals surface area (Å²) in [6.07, 6.45) is 0. The number of imide groups is 1.